The van der Waals surface area contributed by atoms with Gasteiger partial charge in [-0.3, -0.25) is 14.6 Å². The van der Waals surface area contributed by atoms with Crippen LogP contribution in [0.1, 0.15) is 75.9 Å². The Morgan fingerprint density at radius 1 is 0.766 bits per heavy atom. The molecule has 4 aromatic heterocycles. The molecule has 4 aliphatic rings. The lowest BCUT2D eigenvalue weighted by molar-refractivity contribution is -0.0476. The van der Waals surface area contributed by atoms with E-state index in [4.69, 9.17) is 9.15 Å². The molecule has 4 saturated heterocycles. The zero-order valence-corrected chi connectivity index (χ0v) is 37.7. The Balaban J connectivity index is 0.000000232. The first-order chi connectivity index (χ1) is 30.9. The number of nitrogens with zero attached hydrogens (tertiary/aromatic N) is 5. The van der Waals surface area contributed by atoms with E-state index in [0.29, 0.717) is 62.0 Å². The zero-order chi connectivity index (χ0) is 45.0. The summed E-state index contributed by atoms with van der Waals surface area (Å²) >= 11 is 0. The van der Waals surface area contributed by atoms with Crippen LogP contribution in [0.15, 0.2) is 118 Å². The average Bonchev–Trinajstić information content (AvgIpc) is 4.16. The largest absolute Gasteiger partial charge is 0.449 e. The number of nitrogens with one attached hydrogen (secondary N) is 3. The Morgan fingerprint density at radius 2 is 1.41 bits per heavy atom. The van der Waals surface area contributed by atoms with Gasteiger partial charge >= 0.3 is 0 Å². The molecular formula is C46H60N8O8S2. The lowest BCUT2D eigenvalue weighted by Crippen LogP contribution is -2.60. The quantitative estimate of drug-likeness (QED) is 0.147. The van der Waals surface area contributed by atoms with E-state index in [1.165, 1.54) is 0 Å². The maximum absolute atomic E-state index is 13.1. The average molecular weight is 917 g/mol. The molecule has 0 radical (unpaired) electrons. The van der Waals surface area contributed by atoms with Crippen LogP contribution in [0.5, 0.6) is 0 Å². The number of imidazole rings is 1. The van der Waals surface area contributed by atoms with Crippen LogP contribution in [-0.4, -0.2) is 104 Å². The van der Waals surface area contributed by atoms with Crippen molar-refractivity contribution in [1.29, 1.82) is 0 Å². The fourth-order valence-corrected chi connectivity index (χ4v) is 11.9. The number of carbonyl (C=O) groups excluding carboxylic acids is 2. The van der Waals surface area contributed by atoms with Gasteiger partial charge < -0.3 is 29.5 Å². The number of benzene rings is 2. The lowest BCUT2D eigenvalue weighted by Gasteiger charge is -2.51. The van der Waals surface area contributed by atoms with Crippen LogP contribution in [0.25, 0.3) is 16.6 Å². The number of furan rings is 1. The van der Waals surface area contributed by atoms with Crippen molar-refractivity contribution in [2.45, 2.75) is 62.4 Å². The molecule has 4 fully saturated rings. The van der Waals surface area contributed by atoms with Crippen molar-refractivity contribution in [2.75, 3.05) is 52.5 Å². The van der Waals surface area contributed by atoms with Crippen LogP contribution in [0.2, 0.25) is 0 Å². The molecule has 0 saturated carbocycles. The van der Waals surface area contributed by atoms with E-state index < -0.39 is 20.0 Å². The van der Waals surface area contributed by atoms with Crippen molar-refractivity contribution in [3.8, 4) is 0 Å². The minimum atomic E-state index is -3.50. The predicted octanol–water partition coefficient (Wildman–Crippen LogP) is 5.96. The summed E-state index contributed by atoms with van der Waals surface area (Å²) in [5, 5.41) is 9.84. The number of carbonyl (C=O) groups is 2. The van der Waals surface area contributed by atoms with E-state index in [0.717, 1.165) is 60.9 Å². The van der Waals surface area contributed by atoms with Gasteiger partial charge in [0.25, 0.3) is 11.8 Å². The third-order valence-corrected chi connectivity index (χ3v) is 16.2. The van der Waals surface area contributed by atoms with Crippen LogP contribution < -0.4 is 16.0 Å². The molecule has 64 heavy (non-hydrogen) atoms. The Hall–Kier alpha value is -5.50. The summed E-state index contributed by atoms with van der Waals surface area (Å²) in [4.78, 5) is 33.5. The fraction of sp³-hybridized carbons (Fsp3) is 0.391. The van der Waals surface area contributed by atoms with E-state index in [2.05, 4.69) is 25.9 Å². The van der Waals surface area contributed by atoms with Crippen molar-refractivity contribution >= 4 is 48.5 Å². The maximum Gasteiger partial charge on any atom is 0.287 e. The summed E-state index contributed by atoms with van der Waals surface area (Å²) in [7, 11) is -7.00. The van der Waals surface area contributed by atoms with Crippen LogP contribution in [0.4, 0.5) is 0 Å². The lowest BCUT2D eigenvalue weighted by atomic mass is 9.75. The van der Waals surface area contributed by atoms with Crippen molar-refractivity contribution in [2.24, 2.45) is 10.8 Å². The van der Waals surface area contributed by atoms with Gasteiger partial charge in [0, 0.05) is 98.9 Å². The molecule has 2 aromatic carbocycles. The third kappa shape index (κ3) is 9.62. The summed E-state index contributed by atoms with van der Waals surface area (Å²) in [5.41, 5.74) is 3.69. The maximum atomic E-state index is 13.1. The number of ether oxygens (including phenoxy) is 1. The topological polar surface area (TPSA) is 198 Å². The summed E-state index contributed by atoms with van der Waals surface area (Å²) < 4.78 is 67.7. The fourth-order valence-electron chi connectivity index (χ4n) is 8.70. The molecule has 6 aromatic rings. The highest BCUT2D eigenvalue weighted by atomic mass is 32.2. The van der Waals surface area contributed by atoms with Crippen LogP contribution >= 0.6 is 0 Å². The molecule has 10 rings (SSSR count). The number of amides is 2. The van der Waals surface area contributed by atoms with E-state index in [1.807, 2.05) is 13.8 Å². The number of rotatable bonds is 10. The van der Waals surface area contributed by atoms with Gasteiger partial charge in [-0.2, -0.15) is 8.61 Å². The molecule has 4 aliphatic heterocycles. The molecule has 16 nitrogen and oxygen atoms in total. The minimum absolute atomic E-state index is 0. The van der Waals surface area contributed by atoms with E-state index in [-0.39, 0.29) is 44.1 Å². The van der Waals surface area contributed by atoms with Crippen LogP contribution in [0, 0.1) is 10.8 Å². The highest BCUT2D eigenvalue weighted by Gasteiger charge is 2.49. The van der Waals surface area contributed by atoms with Gasteiger partial charge in [-0.05, 0) is 97.3 Å². The highest BCUT2D eigenvalue weighted by molar-refractivity contribution is 7.89. The Kier molecular flexibility index (Phi) is 13.3. The molecule has 2 amide bonds. The monoisotopic (exact) mass is 916 g/mol. The molecule has 2 spiro atoms. The smallest absolute Gasteiger partial charge is 0.287 e. The van der Waals surface area contributed by atoms with Gasteiger partial charge in [-0.15, -0.1) is 0 Å². The summed E-state index contributed by atoms with van der Waals surface area (Å²) in [6, 6.07) is 20.4. The number of hydrogen-bond acceptors (Lipinski definition) is 11. The predicted molar refractivity (Wildman–Crippen MR) is 247 cm³/mol. The number of aromatic nitrogens is 3. The van der Waals surface area contributed by atoms with Gasteiger partial charge in [0.05, 0.1) is 21.6 Å². The number of pyridine rings is 2. The number of hydrogen-bond donors (Lipinski definition) is 3. The van der Waals surface area contributed by atoms with E-state index in [9.17, 15) is 26.4 Å². The van der Waals surface area contributed by atoms with Gasteiger partial charge in [0.1, 0.15) is 5.65 Å². The van der Waals surface area contributed by atoms with Gasteiger partial charge in [-0.25, -0.2) is 21.8 Å². The molecular weight excluding hydrogens is 857 g/mol. The molecule has 8 heterocycles. The van der Waals surface area contributed by atoms with Crippen molar-refractivity contribution in [3.63, 3.8) is 0 Å². The minimum Gasteiger partial charge on any atom is -0.449 e. The second-order valence-corrected chi connectivity index (χ2v) is 20.6. The summed E-state index contributed by atoms with van der Waals surface area (Å²) in [5.74, 6) is -0.322. The highest BCUT2D eigenvalue weighted by Crippen LogP contribution is 2.42. The number of sulfonamides is 2. The second-order valence-electron chi connectivity index (χ2n) is 16.7. The van der Waals surface area contributed by atoms with Crippen LogP contribution in [-0.2, 0) is 37.9 Å². The Labute approximate surface area is 378 Å². The SMILES string of the molecule is CC.O=C(NCc1ccc(S(=O)(=O)N2CC3(CCOCC3)C2)cc1)c1cc2ccncc2o1.O=C(NCc1ccc(S(=O)(=O)N2CCC3(CCNC3)C2)cc1)c1ccc2nccn2c1.[HH].[HH].[HH]. The first-order valence-electron chi connectivity index (χ1n) is 21.7. The molecule has 344 valence electrons. The normalized spacial score (nSPS) is 19.7. The van der Waals surface area contributed by atoms with Gasteiger partial charge in [0.2, 0.25) is 20.0 Å². The molecule has 1 unspecified atom stereocenters. The summed E-state index contributed by atoms with van der Waals surface area (Å²) in [6.07, 6.45) is 12.2. The second kappa shape index (κ2) is 18.9. The summed E-state index contributed by atoms with van der Waals surface area (Å²) in [6.45, 7) is 10.1. The van der Waals surface area contributed by atoms with Crippen molar-refractivity contribution < 1.29 is 39.9 Å². The van der Waals surface area contributed by atoms with Crippen molar-refractivity contribution in [3.05, 3.63) is 126 Å². The standard InChI is InChI=1S/C22H25N5O3S.C22H23N3O5S.C2H6.3H2/c28-21(18-3-6-20-24-10-12-26(20)14-18)25-13-17-1-4-19(5-2-17)31(29,30)27-11-8-22(16-27)7-9-23-15-22;26-21(19-11-17-5-8-23-13-20(17)30-19)24-12-16-1-3-18(4-2-16)31(27,28)25-14-22(15-25)6-9-29-10-7-22;1-2;;;/h1-6,10,12,14,23H,7-9,11,13,15-16H2,(H,25,28);1-5,8,11,13H,6-7,9-10,12,14-15H2,(H,24,26);1-2H3;3*1H. The first-order valence-corrected chi connectivity index (χ1v) is 24.6. The Morgan fingerprint density at radius 3 is 2.05 bits per heavy atom. The molecule has 3 N–H and O–H groups in total. The third-order valence-electron chi connectivity index (χ3n) is 12.5. The van der Waals surface area contributed by atoms with E-state index in [1.54, 1.807) is 117 Å². The Bertz CT molecular complexity index is 2790. The molecule has 18 heteroatoms. The van der Waals surface area contributed by atoms with Crippen molar-refractivity contribution in [1.82, 2.24) is 38.9 Å². The van der Waals surface area contributed by atoms with Gasteiger partial charge in [0.15, 0.2) is 11.3 Å². The molecule has 0 aliphatic carbocycles. The van der Waals surface area contributed by atoms with Gasteiger partial charge in [-0.1, -0.05) is 38.1 Å². The zero-order valence-electron chi connectivity index (χ0n) is 36.0. The molecule has 1 atom stereocenters. The van der Waals surface area contributed by atoms with Crippen LogP contribution in [0.3, 0.4) is 0 Å². The first kappa shape index (κ1) is 45.1. The van der Waals surface area contributed by atoms with E-state index >= 15 is 0 Å². The molecule has 0 bridgehead atoms. The number of fused-ring (bicyclic) bond motifs is 2.